The molecule has 21 heavy (non-hydrogen) atoms. The normalized spacial score (nSPS) is 32.9. The van der Waals surface area contributed by atoms with Gasteiger partial charge in [0.15, 0.2) is 0 Å². The number of nitrogens with zero attached hydrogens (tertiary/aromatic N) is 1. The van der Waals surface area contributed by atoms with Crippen LogP contribution in [0.2, 0.25) is 0 Å². The second-order valence-corrected chi connectivity index (χ2v) is 8.26. The van der Waals surface area contributed by atoms with Gasteiger partial charge in [-0.3, -0.25) is 9.69 Å². The van der Waals surface area contributed by atoms with Crippen LogP contribution in [0.4, 0.5) is 0 Å². The van der Waals surface area contributed by atoms with Crippen LogP contribution in [0.25, 0.3) is 0 Å². The summed E-state index contributed by atoms with van der Waals surface area (Å²) in [5.41, 5.74) is 5.98. The Morgan fingerprint density at radius 1 is 1.24 bits per heavy atom. The topological polar surface area (TPSA) is 58.4 Å². The van der Waals surface area contributed by atoms with Crippen LogP contribution in [0.15, 0.2) is 0 Å². The SMILES string of the molecule is CC1CCCC(N)(C(=O)NC2CCN(C(C)(C)C)CC2)C1. The molecular weight excluding hydrogens is 262 g/mol. The molecule has 0 aromatic rings. The predicted molar refractivity (Wildman–Crippen MR) is 87.0 cm³/mol. The van der Waals surface area contributed by atoms with E-state index in [1.807, 2.05) is 0 Å². The average molecular weight is 295 g/mol. The van der Waals surface area contributed by atoms with E-state index in [1.165, 1.54) is 6.42 Å². The lowest BCUT2D eigenvalue weighted by Gasteiger charge is -2.42. The van der Waals surface area contributed by atoms with Crippen molar-refractivity contribution in [2.75, 3.05) is 13.1 Å². The number of carbonyl (C=O) groups excluding carboxylic acids is 1. The zero-order valence-corrected chi connectivity index (χ0v) is 14.2. The van der Waals surface area contributed by atoms with E-state index in [0.29, 0.717) is 12.0 Å². The van der Waals surface area contributed by atoms with Crippen LogP contribution in [-0.2, 0) is 4.79 Å². The van der Waals surface area contributed by atoms with Crippen molar-refractivity contribution >= 4 is 5.91 Å². The summed E-state index contributed by atoms with van der Waals surface area (Å²) in [5, 5.41) is 3.23. The maximum absolute atomic E-state index is 12.6. The highest BCUT2D eigenvalue weighted by Gasteiger charge is 2.39. The number of nitrogens with two attached hydrogens (primary N) is 1. The van der Waals surface area contributed by atoms with Crippen molar-refractivity contribution in [3.63, 3.8) is 0 Å². The molecule has 2 rings (SSSR count). The fourth-order valence-corrected chi connectivity index (χ4v) is 3.82. The van der Waals surface area contributed by atoms with Gasteiger partial charge in [0, 0.05) is 24.7 Å². The zero-order chi connectivity index (χ0) is 15.7. The molecule has 4 heteroatoms. The molecule has 0 aromatic heterocycles. The van der Waals surface area contributed by atoms with E-state index < -0.39 is 5.54 Å². The van der Waals surface area contributed by atoms with E-state index in [-0.39, 0.29) is 11.4 Å². The largest absolute Gasteiger partial charge is 0.352 e. The van der Waals surface area contributed by atoms with Crippen LogP contribution in [-0.4, -0.2) is 41.0 Å². The lowest BCUT2D eigenvalue weighted by atomic mass is 9.76. The average Bonchev–Trinajstić information content (AvgIpc) is 2.38. The maximum Gasteiger partial charge on any atom is 0.240 e. The fourth-order valence-electron chi connectivity index (χ4n) is 3.82. The van der Waals surface area contributed by atoms with Crippen molar-refractivity contribution in [2.24, 2.45) is 11.7 Å². The molecule has 4 nitrogen and oxygen atoms in total. The predicted octanol–water partition coefficient (Wildman–Crippen LogP) is 2.27. The van der Waals surface area contributed by atoms with Gasteiger partial charge in [-0.05, 0) is 52.4 Å². The molecule has 3 N–H and O–H groups in total. The molecule has 122 valence electrons. The minimum atomic E-state index is -0.626. The van der Waals surface area contributed by atoms with Gasteiger partial charge in [0.25, 0.3) is 0 Å². The Balaban J connectivity index is 1.84. The first-order chi connectivity index (χ1) is 9.71. The smallest absolute Gasteiger partial charge is 0.240 e. The molecule has 1 aliphatic carbocycles. The van der Waals surface area contributed by atoms with E-state index in [4.69, 9.17) is 5.73 Å². The Kier molecular flexibility index (Phi) is 4.99. The number of rotatable bonds is 2. The molecule has 1 aliphatic heterocycles. The maximum atomic E-state index is 12.6. The van der Waals surface area contributed by atoms with Crippen molar-refractivity contribution in [3.8, 4) is 0 Å². The number of hydrogen-bond donors (Lipinski definition) is 2. The third-order valence-electron chi connectivity index (χ3n) is 5.26. The summed E-state index contributed by atoms with van der Waals surface area (Å²) >= 11 is 0. The Morgan fingerprint density at radius 2 is 1.86 bits per heavy atom. The van der Waals surface area contributed by atoms with Gasteiger partial charge >= 0.3 is 0 Å². The van der Waals surface area contributed by atoms with Crippen LogP contribution in [0.5, 0.6) is 0 Å². The minimum Gasteiger partial charge on any atom is -0.352 e. The molecule has 0 spiro atoms. The van der Waals surface area contributed by atoms with E-state index in [1.54, 1.807) is 0 Å². The molecular formula is C17H33N3O. The first kappa shape index (κ1) is 16.8. The summed E-state index contributed by atoms with van der Waals surface area (Å²) in [6.45, 7) is 11.1. The van der Waals surface area contributed by atoms with Gasteiger partial charge in [-0.2, -0.15) is 0 Å². The van der Waals surface area contributed by atoms with Crippen molar-refractivity contribution < 1.29 is 4.79 Å². The van der Waals surface area contributed by atoms with Gasteiger partial charge in [-0.1, -0.05) is 19.8 Å². The van der Waals surface area contributed by atoms with Crippen LogP contribution >= 0.6 is 0 Å². The first-order valence-corrected chi connectivity index (χ1v) is 8.55. The molecule has 0 aromatic carbocycles. The zero-order valence-electron chi connectivity index (χ0n) is 14.2. The fraction of sp³-hybridized carbons (Fsp3) is 0.941. The lowest BCUT2D eigenvalue weighted by molar-refractivity contribution is -0.129. The Bertz CT molecular complexity index is 369. The number of amides is 1. The number of hydrogen-bond acceptors (Lipinski definition) is 3. The Hall–Kier alpha value is -0.610. The van der Waals surface area contributed by atoms with Gasteiger partial charge < -0.3 is 11.1 Å². The number of piperidine rings is 1. The highest BCUT2D eigenvalue weighted by atomic mass is 16.2. The van der Waals surface area contributed by atoms with E-state index >= 15 is 0 Å². The highest BCUT2D eigenvalue weighted by Crippen LogP contribution is 2.31. The van der Waals surface area contributed by atoms with Crippen LogP contribution in [0.1, 0.15) is 66.2 Å². The van der Waals surface area contributed by atoms with Crippen molar-refractivity contribution in [1.82, 2.24) is 10.2 Å². The van der Waals surface area contributed by atoms with Crippen LogP contribution < -0.4 is 11.1 Å². The monoisotopic (exact) mass is 295 g/mol. The van der Waals surface area contributed by atoms with Gasteiger partial charge in [0.1, 0.15) is 0 Å². The van der Waals surface area contributed by atoms with Gasteiger partial charge in [0.05, 0.1) is 5.54 Å². The van der Waals surface area contributed by atoms with Gasteiger partial charge in [-0.25, -0.2) is 0 Å². The van der Waals surface area contributed by atoms with Crippen molar-refractivity contribution in [3.05, 3.63) is 0 Å². The summed E-state index contributed by atoms with van der Waals surface area (Å²) in [7, 11) is 0. The highest BCUT2D eigenvalue weighted by molar-refractivity contribution is 5.86. The molecule has 1 amide bonds. The molecule has 2 fully saturated rings. The Labute approximate surface area is 129 Å². The quantitative estimate of drug-likeness (QED) is 0.821. The second-order valence-electron chi connectivity index (χ2n) is 8.26. The molecule has 2 aliphatic rings. The number of likely N-dealkylation sites (tertiary alicyclic amines) is 1. The standard InChI is InChI=1S/C17H33N3O/c1-13-6-5-9-17(18,12-13)15(21)19-14-7-10-20(11-8-14)16(2,3)4/h13-14H,5-12,18H2,1-4H3,(H,19,21). The Morgan fingerprint density at radius 3 is 2.38 bits per heavy atom. The molecule has 2 atom stereocenters. The molecule has 1 saturated heterocycles. The minimum absolute atomic E-state index is 0.0864. The summed E-state index contributed by atoms with van der Waals surface area (Å²) in [5.74, 6) is 0.653. The molecule has 0 radical (unpaired) electrons. The summed E-state index contributed by atoms with van der Waals surface area (Å²) in [6, 6.07) is 0.300. The lowest BCUT2D eigenvalue weighted by Crippen LogP contribution is -2.59. The van der Waals surface area contributed by atoms with Crippen LogP contribution in [0, 0.1) is 5.92 Å². The molecule has 0 bridgehead atoms. The first-order valence-electron chi connectivity index (χ1n) is 8.55. The van der Waals surface area contributed by atoms with Crippen LogP contribution in [0.3, 0.4) is 0 Å². The van der Waals surface area contributed by atoms with Crippen molar-refractivity contribution in [1.29, 1.82) is 0 Å². The second kappa shape index (κ2) is 6.25. The van der Waals surface area contributed by atoms with Gasteiger partial charge in [-0.15, -0.1) is 0 Å². The summed E-state index contributed by atoms with van der Waals surface area (Å²) in [4.78, 5) is 15.1. The van der Waals surface area contributed by atoms with E-state index in [2.05, 4.69) is 37.9 Å². The summed E-state index contributed by atoms with van der Waals surface area (Å²) in [6.07, 6.45) is 6.02. The van der Waals surface area contributed by atoms with E-state index in [0.717, 1.165) is 45.2 Å². The molecule has 1 heterocycles. The van der Waals surface area contributed by atoms with Gasteiger partial charge in [0.2, 0.25) is 5.91 Å². The van der Waals surface area contributed by atoms with E-state index in [9.17, 15) is 4.79 Å². The molecule has 2 unspecified atom stereocenters. The third-order valence-corrected chi connectivity index (χ3v) is 5.26. The molecule has 1 saturated carbocycles. The number of nitrogens with one attached hydrogen (secondary N) is 1. The summed E-state index contributed by atoms with van der Waals surface area (Å²) < 4.78 is 0. The van der Waals surface area contributed by atoms with Crippen molar-refractivity contribution in [2.45, 2.75) is 83.3 Å². The number of carbonyl (C=O) groups is 1. The third kappa shape index (κ3) is 4.19.